The van der Waals surface area contributed by atoms with Gasteiger partial charge in [0.2, 0.25) is 5.50 Å². The van der Waals surface area contributed by atoms with Crippen molar-refractivity contribution in [1.82, 2.24) is 0 Å². The summed E-state index contributed by atoms with van der Waals surface area (Å²) in [6.07, 6.45) is -0.313. The number of rotatable bonds is 3. The van der Waals surface area contributed by atoms with Crippen molar-refractivity contribution >= 4 is 10.1 Å². The predicted molar refractivity (Wildman–Crippen MR) is 26.3 cm³/mol. The molecule has 0 aliphatic carbocycles. The minimum Gasteiger partial charge on any atom is -0.227 e. The first-order chi connectivity index (χ1) is 4.04. The fraction of sp³-hybridized carbons (Fsp3) is 1.00. The minimum absolute atomic E-state index is 0.313. The zero-order valence-corrected chi connectivity index (χ0v) is 5.49. The van der Waals surface area contributed by atoms with E-state index in [2.05, 4.69) is 4.39 Å². The summed E-state index contributed by atoms with van der Waals surface area (Å²) in [5.41, 5.74) is -2.26. The average molecular weight is 160 g/mol. The van der Waals surface area contributed by atoms with Crippen LogP contribution in [0.15, 0.2) is 0 Å². The summed E-state index contributed by atoms with van der Waals surface area (Å²) >= 11 is 0. The topological polar surface area (TPSA) is 43.4 Å². The Bertz CT molecular complexity index is 164. The molecule has 0 aromatic rings. The van der Waals surface area contributed by atoms with Crippen LogP contribution in [-0.2, 0) is 14.5 Å². The zero-order valence-electron chi connectivity index (χ0n) is 4.67. The van der Waals surface area contributed by atoms with Gasteiger partial charge in [-0.05, 0) is 10.9 Å². The summed E-state index contributed by atoms with van der Waals surface area (Å²) in [7, 11) is -4.58. The SMILES string of the molecule is CCC(F)S(=O)(=O)OF. The molecule has 0 spiro atoms. The monoisotopic (exact) mass is 160 g/mol. The maximum atomic E-state index is 12.0. The van der Waals surface area contributed by atoms with Gasteiger partial charge in [-0.2, -0.15) is 8.42 Å². The van der Waals surface area contributed by atoms with E-state index in [-0.39, 0.29) is 6.42 Å². The molecule has 0 aliphatic heterocycles. The standard InChI is InChI=1S/C3H6F2O3S/c1-2-3(4)9(6,7)8-5/h3H,2H2,1H3. The van der Waals surface area contributed by atoms with E-state index in [0.29, 0.717) is 0 Å². The first-order valence-electron chi connectivity index (χ1n) is 2.22. The van der Waals surface area contributed by atoms with E-state index in [1.54, 1.807) is 0 Å². The maximum Gasteiger partial charge on any atom is 0.329 e. The Hall–Kier alpha value is -0.230. The summed E-state index contributed by atoms with van der Waals surface area (Å²) < 4.78 is 45.1. The van der Waals surface area contributed by atoms with Crippen molar-refractivity contribution < 1.29 is 21.7 Å². The van der Waals surface area contributed by atoms with Gasteiger partial charge in [-0.25, -0.2) is 4.39 Å². The Kier molecular flexibility index (Phi) is 2.99. The van der Waals surface area contributed by atoms with Gasteiger partial charge in [-0.1, -0.05) is 11.3 Å². The maximum absolute atomic E-state index is 12.0. The van der Waals surface area contributed by atoms with Crippen molar-refractivity contribution in [3.63, 3.8) is 0 Å². The van der Waals surface area contributed by atoms with Crippen LogP contribution in [0, 0.1) is 0 Å². The summed E-state index contributed by atoms with van der Waals surface area (Å²) in [6.45, 7) is 1.27. The molecule has 0 saturated carbocycles. The third-order valence-electron chi connectivity index (χ3n) is 0.722. The van der Waals surface area contributed by atoms with Gasteiger partial charge in [0.05, 0.1) is 0 Å². The van der Waals surface area contributed by atoms with Gasteiger partial charge in [0.1, 0.15) is 0 Å². The minimum atomic E-state index is -4.58. The van der Waals surface area contributed by atoms with E-state index in [0.717, 1.165) is 0 Å². The van der Waals surface area contributed by atoms with Crippen molar-refractivity contribution in [1.29, 1.82) is 0 Å². The van der Waals surface area contributed by atoms with Crippen molar-refractivity contribution in [3.05, 3.63) is 0 Å². The smallest absolute Gasteiger partial charge is 0.227 e. The molecule has 0 rings (SSSR count). The Morgan fingerprint density at radius 1 is 1.67 bits per heavy atom. The van der Waals surface area contributed by atoms with Crippen molar-refractivity contribution in [2.75, 3.05) is 0 Å². The van der Waals surface area contributed by atoms with Crippen LogP contribution in [0.1, 0.15) is 13.3 Å². The third-order valence-corrected chi connectivity index (χ3v) is 1.86. The molecular weight excluding hydrogens is 154 g/mol. The number of alkyl halides is 1. The molecule has 56 valence electrons. The van der Waals surface area contributed by atoms with Crippen LogP contribution < -0.4 is 0 Å². The number of hydrogen-bond acceptors (Lipinski definition) is 3. The van der Waals surface area contributed by atoms with Crippen LogP contribution in [0.25, 0.3) is 0 Å². The van der Waals surface area contributed by atoms with E-state index in [9.17, 15) is 17.3 Å². The Balaban J connectivity index is 4.17. The van der Waals surface area contributed by atoms with Gasteiger partial charge in [0.25, 0.3) is 0 Å². The molecule has 1 unspecified atom stereocenters. The van der Waals surface area contributed by atoms with Gasteiger partial charge in [-0.3, -0.25) is 0 Å². The lowest BCUT2D eigenvalue weighted by Gasteiger charge is -1.98. The molecule has 0 aromatic heterocycles. The molecule has 1 atom stereocenters. The van der Waals surface area contributed by atoms with Crippen molar-refractivity contribution in [3.8, 4) is 0 Å². The molecule has 0 saturated heterocycles. The molecule has 0 N–H and O–H groups in total. The molecular formula is C3H6F2O3S. The van der Waals surface area contributed by atoms with Crippen molar-refractivity contribution in [2.24, 2.45) is 0 Å². The highest BCUT2D eigenvalue weighted by molar-refractivity contribution is 7.87. The van der Waals surface area contributed by atoms with Crippen LogP contribution in [-0.4, -0.2) is 13.9 Å². The quantitative estimate of drug-likeness (QED) is 0.616. The van der Waals surface area contributed by atoms with Gasteiger partial charge < -0.3 is 0 Å². The largest absolute Gasteiger partial charge is 0.329 e. The molecule has 0 aromatic carbocycles. The second-order valence-electron chi connectivity index (χ2n) is 1.37. The lowest BCUT2D eigenvalue weighted by molar-refractivity contribution is -0.00221. The summed E-state index contributed by atoms with van der Waals surface area (Å²) in [5, 5.41) is 0. The summed E-state index contributed by atoms with van der Waals surface area (Å²) in [5.74, 6) is 0. The third kappa shape index (κ3) is 2.23. The first kappa shape index (κ1) is 8.77. The van der Waals surface area contributed by atoms with Crippen LogP contribution in [0.4, 0.5) is 8.92 Å². The van der Waals surface area contributed by atoms with Crippen LogP contribution in [0.3, 0.4) is 0 Å². The molecule has 0 fully saturated rings. The second kappa shape index (κ2) is 3.07. The Labute approximate surface area is 51.6 Å². The molecule has 0 heterocycles. The van der Waals surface area contributed by atoms with E-state index in [1.807, 2.05) is 0 Å². The fourth-order valence-corrected chi connectivity index (χ4v) is 0.731. The zero-order chi connectivity index (χ0) is 7.49. The van der Waals surface area contributed by atoms with Gasteiger partial charge in [0, 0.05) is 0 Å². The summed E-state index contributed by atoms with van der Waals surface area (Å²) in [6, 6.07) is 0. The molecule has 9 heavy (non-hydrogen) atoms. The lowest BCUT2D eigenvalue weighted by atomic mass is 10.6. The molecule has 0 bridgehead atoms. The highest BCUT2D eigenvalue weighted by Crippen LogP contribution is 2.08. The van der Waals surface area contributed by atoms with Gasteiger partial charge in [-0.15, -0.1) is 0 Å². The fourth-order valence-electron chi connectivity index (χ4n) is 0.244. The van der Waals surface area contributed by atoms with Crippen LogP contribution in [0.2, 0.25) is 0 Å². The highest BCUT2D eigenvalue weighted by atomic mass is 32.2. The van der Waals surface area contributed by atoms with Crippen molar-refractivity contribution in [2.45, 2.75) is 18.8 Å². The number of hydrogen-bond donors (Lipinski definition) is 0. The molecule has 0 amide bonds. The second-order valence-corrected chi connectivity index (χ2v) is 3.00. The van der Waals surface area contributed by atoms with Crippen LogP contribution >= 0.6 is 0 Å². The highest BCUT2D eigenvalue weighted by Gasteiger charge is 2.24. The molecule has 3 nitrogen and oxygen atoms in total. The van der Waals surface area contributed by atoms with E-state index >= 15 is 0 Å². The summed E-state index contributed by atoms with van der Waals surface area (Å²) in [4.78, 5) is 0. The molecule has 0 radical (unpaired) electrons. The van der Waals surface area contributed by atoms with E-state index < -0.39 is 15.6 Å². The van der Waals surface area contributed by atoms with Gasteiger partial charge in [0.15, 0.2) is 0 Å². The van der Waals surface area contributed by atoms with E-state index in [4.69, 9.17) is 0 Å². The lowest BCUT2D eigenvalue weighted by Crippen LogP contribution is -2.14. The molecule has 0 aliphatic rings. The average Bonchev–Trinajstić information content (AvgIpc) is 1.86. The van der Waals surface area contributed by atoms with Crippen LogP contribution in [0.5, 0.6) is 0 Å². The van der Waals surface area contributed by atoms with E-state index in [1.165, 1.54) is 6.92 Å². The van der Waals surface area contributed by atoms with Gasteiger partial charge >= 0.3 is 10.1 Å². The Morgan fingerprint density at radius 3 is 2.22 bits per heavy atom. The molecule has 6 heteroatoms. The Morgan fingerprint density at radius 2 is 2.11 bits per heavy atom. The normalized spacial score (nSPS) is 15.4. The number of halogens is 2. The first-order valence-corrected chi connectivity index (χ1v) is 3.69. The predicted octanol–water partition coefficient (Wildman–Crippen LogP) is 0.923.